The molecule has 2 N–H and O–H groups in total. The van der Waals surface area contributed by atoms with Crippen LogP contribution in [0.25, 0.3) is 0 Å². The van der Waals surface area contributed by atoms with Crippen molar-refractivity contribution in [2.75, 3.05) is 26.2 Å². The van der Waals surface area contributed by atoms with E-state index in [0.29, 0.717) is 11.9 Å². The number of hydrogen-bond donors (Lipinski definition) is 2. The molecule has 4 heteroatoms. The number of carbonyl (C=O) groups is 1. The normalized spacial score (nSPS) is 27.5. The molecule has 120 valence electrons. The lowest BCUT2D eigenvalue weighted by molar-refractivity contribution is -0.134. The number of carbonyl (C=O) groups excluding carboxylic acids is 1. The second-order valence-electron chi connectivity index (χ2n) is 7.30. The van der Waals surface area contributed by atoms with E-state index < -0.39 is 0 Å². The van der Waals surface area contributed by atoms with Crippen LogP contribution in [0, 0.1) is 5.41 Å². The van der Waals surface area contributed by atoms with Gasteiger partial charge in [0.25, 0.3) is 0 Å². The molecule has 3 fully saturated rings. The molecule has 0 spiro atoms. The number of hydrogen-bond acceptors (Lipinski definition) is 3. The van der Waals surface area contributed by atoms with Gasteiger partial charge in [0.2, 0.25) is 5.91 Å². The molecular weight excluding hydrogens is 262 g/mol. The molecule has 0 bridgehead atoms. The molecule has 0 aromatic rings. The summed E-state index contributed by atoms with van der Waals surface area (Å²) in [5.41, 5.74) is -0.0897. The van der Waals surface area contributed by atoms with Crippen LogP contribution in [0.5, 0.6) is 0 Å². The fraction of sp³-hybridized carbons (Fsp3) is 0.941. The number of rotatable bonds is 5. The van der Waals surface area contributed by atoms with Crippen molar-refractivity contribution in [1.29, 1.82) is 0 Å². The van der Waals surface area contributed by atoms with E-state index in [0.717, 1.165) is 57.7 Å². The fourth-order valence-electron chi connectivity index (χ4n) is 4.16. The first-order valence-electron chi connectivity index (χ1n) is 8.99. The van der Waals surface area contributed by atoms with E-state index in [1.165, 1.54) is 25.9 Å². The third kappa shape index (κ3) is 3.59. The van der Waals surface area contributed by atoms with Crippen molar-refractivity contribution in [3.8, 4) is 0 Å². The maximum absolute atomic E-state index is 12.9. The van der Waals surface area contributed by atoms with E-state index in [9.17, 15) is 4.79 Å². The summed E-state index contributed by atoms with van der Waals surface area (Å²) in [6.45, 7) is 6.54. The lowest BCUT2D eigenvalue weighted by atomic mass is 9.74. The molecule has 1 amide bonds. The summed E-state index contributed by atoms with van der Waals surface area (Å²) in [6.07, 6.45) is 9.23. The zero-order valence-corrected chi connectivity index (χ0v) is 13.5. The van der Waals surface area contributed by atoms with Crippen LogP contribution < -0.4 is 10.6 Å². The number of piperidine rings is 2. The maximum Gasteiger partial charge on any atom is 0.226 e. The van der Waals surface area contributed by atoms with Crippen LogP contribution in [-0.2, 0) is 4.79 Å². The van der Waals surface area contributed by atoms with Crippen molar-refractivity contribution in [1.82, 2.24) is 15.5 Å². The molecule has 0 aromatic carbocycles. The highest BCUT2D eigenvalue weighted by Gasteiger charge is 2.40. The monoisotopic (exact) mass is 293 g/mol. The first kappa shape index (κ1) is 15.3. The van der Waals surface area contributed by atoms with Crippen LogP contribution in [0.15, 0.2) is 0 Å². The summed E-state index contributed by atoms with van der Waals surface area (Å²) in [6, 6.07) is 1.29. The highest BCUT2D eigenvalue weighted by molar-refractivity contribution is 5.83. The molecule has 2 heterocycles. The number of nitrogens with zero attached hydrogens (tertiary/aromatic N) is 1. The van der Waals surface area contributed by atoms with Crippen molar-refractivity contribution >= 4 is 5.91 Å². The molecule has 0 unspecified atom stereocenters. The smallest absolute Gasteiger partial charge is 0.226 e. The molecule has 21 heavy (non-hydrogen) atoms. The van der Waals surface area contributed by atoms with Gasteiger partial charge in [0.05, 0.1) is 5.41 Å². The SMILES string of the molecule is CCCC1(C(=O)NC2CCN(C3CC3)CC2)CCNCC1. The van der Waals surface area contributed by atoms with E-state index in [4.69, 9.17) is 0 Å². The highest BCUT2D eigenvalue weighted by Crippen LogP contribution is 2.35. The number of nitrogens with one attached hydrogen (secondary N) is 2. The summed E-state index contributed by atoms with van der Waals surface area (Å²) < 4.78 is 0. The molecular formula is C17H31N3O. The Labute approximate surface area is 129 Å². The Bertz CT molecular complexity index is 348. The summed E-state index contributed by atoms with van der Waals surface area (Å²) in [7, 11) is 0. The zero-order valence-electron chi connectivity index (χ0n) is 13.5. The van der Waals surface area contributed by atoms with E-state index in [1.807, 2.05) is 0 Å². The summed E-state index contributed by atoms with van der Waals surface area (Å²) in [5, 5.41) is 6.80. The lowest BCUT2D eigenvalue weighted by Gasteiger charge is -2.39. The first-order chi connectivity index (χ1) is 10.2. The van der Waals surface area contributed by atoms with Gasteiger partial charge in [-0.05, 0) is 58.0 Å². The van der Waals surface area contributed by atoms with E-state index in [-0.39, 0.29) is 5.41 Å². The minimum absolute atomic E-state index is 0.0897. The van der Waals surface area contributed by atoms with Crippen molar-refractivity contribution in [3.05, 3.63) is 0 Å². The number of amides is 1. The van der Waals surface area contributed by atoms with Gasteiger partial charge in [-0.15, -0.1) is 0 Å². The highest BCUT2D eigenvalue weighted by atomic mass is 16.2. The Morgan fingerprint density at radius 1 is 1.19 bits per heavy atom. The zero-order chi connectivity index (χ0) is 14.7. The molecule has 0 aromatic heterocycles. The van der Waals surface area contributed by atoms with Crippen molar-refractivity contribution in [2.45, 2.75) is 70.4 Å². The molecule has 2 saturated heterocycles. The second kappa shape index (κ2) is 6.66. The van der Waals surface area contributed by atoms with Crippen LogP contribution in [0.2, 0.25) is 0 Å². The van der Waals surface area contributed by atoms with Gasteiger partial charge in [-0.3, -0.25) is 4.79 Å². The van der Waals surface area contributed by atoms with Gasteiger partial charge in [0.1, 0.15) is 0 Å². The van der Waals surface area contributed by atoms with Crippen molar-refractivity contribution in [2.24, 2.45) is 5.41 Å². The summed E-state index contributed by atoms with van der Waals surface area (Å²) in [5.74, 6) is 0.343. The van der Waals surface area contributed by atoms with Crippen molar-refractivity contribution in [3.63, 3.8) is 0 Å². The van der Waals surface area contributed by atoms with Crippen LogP contribution in [-0.4, -0.2) is 49.1 Å². The Morgan fingerprint density at radius 2 is 1.86 bits per heavy atom. The number of likely N-dealkylation sites (tertiary alicyclic amines) is 1. The fourth-order valence-corrected chi connectivity index (χ4v) is 4.16. The van der Waals surface area contributed by atoms with Crippen LogP contribution in [0.3, 0.4) is 0 Å². The standard InChI is InChI=1S/C17H31N3O/c1-2-7-17(8-10-18-11-9-17)16(21)19-14-5-12-20(13-6-14)15-3-4-15/h14-15,18H,2-13H2,1H3,(H,19,21). The third-order valence-electron chi connectivity index (χ3n) is 5.70. The quantitative estimate of drug-likeness (QED) is 0.814. The minimum atomic E-state index is -0.0897. The molecule has 4 nitrogen and oxygen atoms in total. The molecule has 3 aliphatic rings. The lowest BCUT2D eigenvalue weighted by Crippen LogP contribution is -2.52. The maximum atomic E-state index is 12.9. The van der Waals surface area contributed by atoms with E-state index in [1.54, 1.807) is 0 Å². The topological polar surface area (TPSA) is 44.4 Å². The van der Waals surface area contributed by atoms with Gasteiger partial charge in [-0.25, -0.2) is 0 Å². The average molecular weight is 293 g/mol. The van der Waals surface area contributed by atoms with E-state index in [2.05, 4.69) is 22.5 Å². The van der Waals surface area contributed by atoms with Crippen LogP contribution in [0.4, 0.5) is 0 Å². The van der Waals surface area contributed by atoms with Gasteiger partial charge in [-0.2, -0.15) is 0 Å². The Morgan fingerprint density at radius 3 is 2.43 bits per heavy atom. The first-order valence-corrected chi connectivity index (χ1v) is 8.99. The van der Waals surface area contributed by atoms with Gasteiger partial charge < -0.3 is 15.5 Å². The van der Waals surface area contributed by atoms with Gasteiger partial charge in [0, 0.05) is 25.2 Å². The summed E-state index contributed by atoms with van der Waals surface area (Å²) >= 11 is 0. The van der Waals surface area contributed by atoms with Gasteiger partial charge in [0.15, 0.2) is 0 Å². The molecule has 0 atom stereocenters. The Kier molecular flexibility index (Phi) is 4.85. The molecule has 2 aliphatic heterocycles. The van der Waals surface area contributed by atoms with Gasteiger partial charge >= 0.3 is 0 Å². The molecule has 0 radical (unpaired) electrons. The van der Waals surface area contributed by atoms with Crippen LogP contribution in [0.1, 0.15) is 58.3 Å². The predicted molar refractivity (Wildman–Crippen MR) is 85.2 cm³/mol. The summed E-state index contributed by atoms with van der Waals surface area (Å²) in [4.78, 5) is 15.5. The molecule has 3 rings (SSSR count). The Hall–Kier alpha value is -0.610. The molecule has 1 aliphatic carbocycles. The largest absolute Gasteiger partial charge is 0.353 e. The van der Waals surface area contributed by atoms with Crippen LogP contribution >= 0.6 is 0 Å². The van der Waals surface area contributed by atoms with E-state index >= 15 is 0 Å². The third-order valence-corrected chi connectivity index (χ3v) is 5.70. The second-order valence-corrected chi connectivity index (χ2v) is 7.30. The average Bonchev–Trinajstić information content (AvgIpc) is 3.34. The minimum Gasteiger partial charge on any atom is -0.353 e. The molecule has 1 saturated carbocycles. The van der Waals surface area contributed by atoms with Crippen molar-refractivity contribution < 1.29 is 4.79 Å². The van der Waals surface area contributed by atoms with Gasteiger partial charge in [-0.1, -0.05) is 13.3 Å². The Balaban J connectivity index is 1.52. The predicted octanol–water partition coefficient (Wildman–Crippen LogP) is 1.90.